The maximum atomic E-state index is 11.8. The number of methoxy groups -OCH3 is 1. The summed E-state index contributed by atoms with van der Waals surface area (Å²) in [6.07, 6.45) is 3.74. The first-order valence-corrected chi connectivity index (χ1v) is 6.41. The van der Waals surface area contributed by atoms with E-state index in [1.165, 1.54) is 0 Å². The van der Waals surface area contributed by atoms with Gasteiger partial charge in [0.2, 0.25) is 0 Å². The molecule has 1 rings (SSSR count). The van der Waals surface area contributed by atoms with Crippen LogP contribution in [0.4, 0.5) is 4.79 Å². The largest absolute Gasteiger partial charge is 0.481 e. The monoisotopic (exact) mass is 270 g/mol. The number of urea groups is 1. The van der Waals surface area contributed by atoms with Crippen LogP contribution in [-0.2, 0) is 9.53 Å². The zero-order valence-electron chi connectivity index (χ0n) is 11.6. The quantitative estimate of drug-likeness (QED) is 0.628. The molecule has 0 fully saturated rings. The number of rotatable bonds is 6. The molecule has 0 aliphatic heterocycles. The standard InChI is InChI=1S/C13H22N2O4/c1-8(2)11(7-19-3)15-13(18)14-10-5-4-9(6-10)12(16)17/h4-5,8-11H,6-7H2,1-3H3,(H,16,17)(H2,14,15,18). The Balaban J connectivity index is 2.39. The first kappa shape index (κ1) is 15.5. The molecule has 0 radical (unpaired) electrons. The molecule has 1 aliphatic carbocycles. The lowest BCUT2D eigenvalue weighted by molar-refractivity contribution is -0.140. The molecule has 0 aromatic heterocycles. The van der Waals surface area contributed by atoms with Crippen molar-refractivity contribution in [1.82, 2.24) is 10.6 Å². The lowest BCUT2D eigenvalue weighted by Gasteiger charge is -2.23. The van der Waals surface area contributed by atoms with Gasteiger partial charge < -0.3 is 20.5 Å². The zero-order chi connectivity index (χ0) is 14.4. The third kappa shape index (κ3) is 4.90. The van der Waals surface area contributed by atoms with Crippen molar-refractivity contribution in [1.29, 1.82) is 0 Å². The van der Waals surface area contributed by atoms with Crippen molar-refractivity contribution in [2.24, 2.45) is 11.8 Å². The molecular formula is C13H22N2O4. The SMILES string of the molecule is COCC(NC(=O)NC1C=CC(C(=O)O)C1)C(C)C. The third-order valence-corrected chi connectivity index (χ3v) is 3.18. The summed E-state index contributed by atoms with van der Waals surface area (Å²) < 4.78 is 5.05. The van der Waals surface area contributed by atoms with Gasteiger partial charge in [-0.2, -0.15) is 0 Å². The van der Waals surface area contributed by atoms with Crippen molar-refractivity contribution in [3.8, 4) is 0 Å². The number of carboxylic acid groups (broad SMARTS) is 1. The van der Waals surface area contributed by atoms with Crippen LogP contribution in [0.1, 0.15) is 20.3 Å². The van der Waals surface area contributed by atoms with Gasteiger partial charge in [-0.25, -0.2) is 4.79 Å². The number of nitrogens with one attached hydrogen (secondary N) is 2. The van der Waals surface area contributed by atoms with E-state index < -0.39 is 11.9 Å². The normalized spacial score (nSPS) is 23.4. The van der Waals surface area contributed by atoms with E-state index in [0.29, 0.717) is 13.0 Å². The van der Waals surface area contributed by atoms with E-state index in [2.05, 4.69) is 10.6 Å². The van der Waals surface area contributed by atoms with Crippen LogP contribution in [0.5, 0.6) is 0 Å². The van der Waals surface area contributed by atoms with E-state index in [1.54, 1.807) is 19.3 Å². The number of aliphatic carboxylic acids is 1. The van der Waals surface area contributed by atoms with Crippen LogP contribution in [0.25, 0.3) is 0 Å². The van der Waals surface area contributed by atoms with Crippen LogP contribution < -0.4 is 10.6 Å². The highest BCUT2D eigenvalue weighted by Gasteiger charge is 2.26. The van der Waals surface area contributed by atoms with E-state index in [9.17, 15) is 9.59 Å². The predicted octanol–water partition coefficient (Wildman–Crippen LogP) is 0.986. The van der Waals surface area contributed by atoms with Gasteiger partial charge in [0, 0.05) is 7.11 Å². The van der Waals surface area contributed by atoms with Gasteiger partial charge in [0.1, 0.15) is 0 Å². The highest BCUT2D eigenvalue weighted by Crippen LogP contribution is 2.17. The minimum absolute atomic E-state index is 0.0642. The fraction of sp³-hybridized carbons (Fsp3) is 0.692. The summed E-state index contributed by atoms with van der Waals surface area (Å²) in [5, 5.41) is 14.4. The molecule has 0 aromatic rings. The first-order chi connectivity index (χ1) is 8.93. The maximum absolute atomic E-state index is 11.8. The van der Waals surface area contributed by atoms with Gasteiger partial charge in [-0.1, -0.05) is 26.0 Å². The molecule has 2 amide bonds. The summed E-state index contributed by atoms with van der Waals surface area (Å²) in [6, 6.07) is -0.585. The van der Waals surface area contributed by atoms with E-state index in [0.717, 1.165) is 0 Å². The van der Waals surface area contributed by atoms with Crippen LogP contribution in [-0.4, -0.2) is 42.9 Å². The molecule has 0 bridgehead atoms. The Morgan fingerprint density at radius 3 is 2.58 bits per heavy atom. The predicted molar refractivity (Wildman–Crippen MR) is 70.8 cm³/mol. The van der Waals surface area contributed by atoms with Crippen molar-refractivity contribution < 1.29 is 19.4 Å². The van der Waals surface area contributed by atoms with Gasteiger partial charge in [0.25, 0.3) is 0 Å². The second-order valence-corrected chi connectivity index (χ2v) is 5.10. The van der Waals surface area contributed by atoms with Gasteiger partial charge >= 0.3 is 12.0 Å². The smallest absolute Gasteiger partial charge is 0.315 e. The number of ether oxygens (including phenoxy) is 1. The second kappa shape index (κ2) is 7.13. The summed E-state index contributed by atoms with van der Waals surface area (Å²) in [4.78, 5) is 22.6. The fourth-order valence-electron chi connectivity index (χ4n) is 1.95. The second-order valence-electron chi connectivity index (χ2n) is 5.10. The molecular weight excluding hydrogens is 248 g/mol. The molecule has 3 N–H and O–H groups in total. The third-order valence-electron chi connectivity index (χ3n) is 3.18. The van der Waals surface area contributed by atoms with Gasteiger partial charge in [-0.3, -0.25) is 4.79 Å². The molecule has 6 heteroatoms. The molecule has 3 unspecified atom stereocenters. The average molecular weight is 270 g/mol. The van der Waals surface area contributed by atoms with Crippen molar-refractivity contribution >= 4 is 12.0 Å². The molecule has 0 saturated heterocycles. The van der Waals surface area contributed by atoms with Crippen molar-refractivity contribution in [3.05, 3.63) is 12.2 Å². The molecule has 6 nitrogen and oxygen atoms in total. The number of carboxylic acids is 1. The maximum Gasteiger partial charge on any atom is 0.315 e. The minimum atomic E-state index is -0.861. The summed E-state index contributed by atoms with van der Waals surface area (Å²) >= 11 is 0. The molecule has 0 spiro atoms. The Bertz CT molecular complexity index is 355. The van der Waals surface area contributed by atoms with Crippen LogP contribution in [0, 0.1) is 11.8 Å². The Hall–Kier alpha value is -1.56. The number of carbonyl (C=O) groups excluding carboxylic acids is 1. The molecule has 108 valence electrons. The highest BCUT2D eigenvalue weighted by molar-refractivity contribution is 5.76. The van der Waals surface area contributed by atoms with E-state index >= 15 is 0 Å². The number of hydrogen-bond donors (Lipinski definition) is 3. The van der Waals surface area contributed by atoms with Crippen molar-refractivity contribution in [2.75, 3.05) is 13.7 Å². The van der Waals surface area contributed by atoms with Gasteiger partial charge in [-0.05, 0) is 12.3 Å². The van der Waals surface area contributed by atoms with Crippen molar-refractivity contribution in [2.45, 2.75) is 32.4 Å². The molecule has 0 heterocycles. The topological polar surface area (TPSA) is 87.7 Å². The molecule has 3 atom stereocenters. The molecule has 19 heavy (non-hydrogen) atoms. The highest BCUT2D eigenvalue weighted by atomic mass is 16.5. The Kier molecular flexibility index (Phi) is 5.82. The lowest BCUT2D eigenvalue weighted by Crippen LogP contribution is -2.49. The Labute approximate surface area is 113 Å². The van der Waals surface area contributed by atoms with Gasteiger partial charge in [-0.15, -0.1) is 0 Å². The molecule has 0 saturated carbocycles. The van der Waals surface area contributed by atoms with E-state index in [1.807, 2.05) is 13.8 Å². The van der Waals surface area contributed by atoms with Crippen LogP contribution in [0.3, 0.4) is 0 Å². The van der Waals surface area contributed by atoms with Crippen LogP contribution >= 0.6 is 0 Å². The number of carbonyl (C=O) groups is 2. The summed E-state index contributed by atoms with van der Waals surface area (Å²) in [5.74, 6) is -1.11. The summed E-state index contributed by atoms with van der Waals surface area (Å²) in [6.45, 7) is 4.45. The van der Waals surface area contributed by atoms with Gasteiger partial charge in [0.15, 0.2) is 0 Å². The van der Waals surface area contributed by atoms with Gasteiger partial charge in [0.05, 0.1) is 24.6 Å². The first-order valence-electron chi connectivity index (χ1n) is 6.41. The number of amides is 2. The van der Waals surface area contributed by atoms with Crippen molar-refractivity contribution in [3.63, 3.8) is 0 Å². The summed E-state index contributed by atoms with van der Waals surface area (Å²) in [7, 11) is 1.59. The fourth-order valence-corrected chi connectivity index (χ4v) is 1.95. The van der Waals surface area contributed by atoms with Crippen LogP contribution in [0.2, 0.25) is 0 Å². The Morgan fingerprint density at radius 2 is 2.11 bits per heavy atom. The van der Waals surface area contributed by atoms with Crippen LogP contribution in [0.15, 0.2) is 12.2 Å². The van der Waals surface area contributed by atoms with E-state index in [-0.39, 0.29) is 24.0 Å². The summed E-state index contributed by atoms with van der Waals surface area (Å²) in [5.41, 5.74) is 0. The average Bonchev–Trinajstić information content (AvgIpc) is 2.76. The number of hydrogen-bond acceptors (Lipinski definition) is 3. The Morgan fingerprint density at radius 1 is 1.42 bits per heavy atom. The van der Waals surface area contributed by atoms with E-state index in [4.69, 9.17) is 9.84 Å². The lowest BCUT2D eigenvalue weighted by atomic mass is 10.1. The molecule has 0 aromatic carbocycles. The zero-order valence-corrected chi connectivity index (χ0v) is 11.6. The minimum Gasteiger partial charge on any atom is -0.481 e. The molecule has 1 aliphatic rings.